The van der Waals surface area contributed by atoms with Crippen LogP contribution in [-0.2, 0) is 17.8 Å². The lowest BCUT2D eigenvalue weighted by molar-refractivity contribution is 0.143. The maximum atomic E-state index is 12.9. The molecule has 4 rings (SSSR count). The predicted octanol–water partition coefficient (Wildman–Crippen LogP) is 3.64. The average molecular weight is 393 g/mol. The molecular formula is C23H28N4O2. The Kier molecular flexibility index (Phi) is 6.12. The first kappa shape index (κ1) is 19.5. The number of hydrogen-bond acceptors (Lipinski definition) is 3. The number of amides is 2. The van der Waals surface area contributed by atoms with Crippen molar-refractivity contribution in [1.29, 1.82) is 0 Å². The Morgan fingerprint density at radius 2 is 1.72 bits per heavy atom. The van der Waals surface area contributed by atoms with Crippen LogP contribution in [0, 0.1) is 0 Å². The number of hydrogen-bond donors (Lipinski definition) is 1. The van der Waals surface area contributed by atoms with Crippen LogP contribution in [0.25, 0.3) is 10.9 Å². The quantitative estimate of drug-likeness (QED) is 0.697. The van der Waals surface area contributed by atoms with Crippen LogP contribution in [-0.4, -0.2) is 60.3 Å². The molecule has 152 valence electrons. The third kappa shape index (κ3) is 4.60. The maximum Gasteiger partial charge on any atom is 0.321 e. The zero-order valence-electron chi connectivity index (χ0n) is 16.9. The molecular weight excluding hydrogens is 364 g/mol. The number of benzene rings is 2. The summed E-state index contributed by atoms with van der Waals surface area (Å²) in [5, 5.41) is 4.18. The molecule has 1 fully saturated rings. The van der Waals surface area contributed by atoms with Gasteiger partial charge in [-0.1, -0.05) is 48.5 Å². The number of piperazine rings is 1. The molecule has 1 aliphatic heterocycles. The smallest absolute Gasteiger partial charge is 0.321 e. The van der Waals surface area contributed by atoms with Crippen molar-refractivity contribution in [2.75, 3.05) is 45.2 Å². The van der Waals surface area contributed by atoms with Crippen LogP contribution in [0.4, 0.5) is 10.5 Å². The van der Waals surface area contributed by atoms with E-state index in [0.29, 0.717) is 6.61 Å². The van der Waals surface area contributed by atoms with Crippen LogP contribution in [0.2, 0.25) is 0 Å². The standard InChI is InChI=1S/C23H28N4O2/c1-29-16-15-27-18-21(20-9-5-6-10-22(20)27)24-23(28)26-13-11-25(12-14-26)17-19-7-3-2-4-8-19/h2-10,18H,11-17H2,1H3,(H,24,28). The summed E-state index contributed by atoms with van der Waals surface area (Å²) >= 11 is 0. The van der Waals surface area contributed by atoms with Crippen LogP contribution in [0.15, 0.2) is 60.8 Å². The highest BCUT2D eigenvalue weighted by molar-refractivity contribution is 6.01. The molecule has 1 saturated heterocycles. The highest BCUT2D eigenvalue weighted by Crippen LogP contribution is 2.26. The van der Waals surface area contributed by atoms with E-state index < -0.39 is 0 Å². The van der Waals surface area contributed by atoms with Gasteiger partial charge in [-0.05, 0) is 11.6 Å². The van der Waals surface area contributed by atoms with Crippen LogP contribution in [0.3, 0.4) is 0 Å². The minimum atomic E-state index is -0.0287. The molecule has 0 atom stereocenters. The van der Waals surface area contributed by atoms with Crippen molar-refractivity contribution in [1.82, 2.24) is 14.4 Å². The summed E-state index contributed by atoms with van der Waals surface area (Å²) in [4.78, 5) is 17.2. The van der Waals surface area contributed by atoms with Crippen molar-refractivity contribution in [2.24, 2.45) is 0 Å². The van der Waals surface area contributed by atoms with Crippen LogP contribution >= 0.6 is 0 Å². The van der Waals surface area contributed by atoms with Crippen LogP contribution in [0.1, 0.15) is 5.56 Å². The number of nitrogens with zero attached hydrogens (tertiary/aromatic N) is 3. The van der Waals surface area contributed by atoms with Gasteiger partial charge in [0.05, 0.1) is 17.8 Å². The summed E-state index contributed by atoms with van der Waals surface area (Å²) < 4.78 is 7.34. The molecule has 3 aromatic rings. The van der Waals surface area contributed by atoms with Gasteiger partial charge in [0.1, 0.15) is 0 Å². The molecule has 0 spiro atoms. The molecule has 6 heteroatoms. The second kappa shape index (κ2) is 9.11. The number of nitrogens with one attached hydrogen (secondary N) is 1. The van der Waals surface area contributed by atoms with Crippen molar-refractivity contribution >= 4 is 22.6 Å². The first-order valence-electron chi connectivity index (χ1n) is 10.1. The van der Waals surface area contributed by atoms with Crippen molar-refractivity contribution in [3.63, 3.8) is 0 Å². The second-order valence-corrected chi connectivity index (χ2v) is 7.43. The van der Waals surface area contributed by atoms with E-state index in [4.69, 9.17) is 4.74 Å². The Balaban J connectivity index is 1.38. The number of ether oxygens (including phenoxy) is 1. The molecule has 0 saturated carbocycles. The van der Waals surface area contributed by atoms with E-state index in [1.807, 2.05) is 35.4 Å². The predicted molar refractivity (Wildman–Crippen MR) is 116 cm³/mol. The normalized spacial score (nSPS) is 15.0. The molecule has 0 aliphatic carbocycles. The van der Waals surface area contributed by atoms with Gasteiger partial charge in [0.25, 0.3) is 0 Å². The summed E-state index contributed by atoms with van der Waals surface area (Å²) in [5.41, 5.74) is 3.27. The molecule has 2 heterocycles. The van der Waals surface area contributed by atoms with Crippen molar-refractivity contribution in [3.05, 3.63) is 66.4 Å². The first-order valence-corrected chi connectivity index (χ1v) is 10.1. The number of carbonyl (C=O) groups is 1. The summed E-state index contributed by atoms with van der Waals surface area (Å²) in [7, 11) is 1.70. The Bertz CT molecular complexity index is 946. The van der Waals surface area contributed by atoms with Gasteiger partial charge in [0.2, 0.25) is 0 Å². The van der Waals surface area contributed by atoms with Gasteiger partial charge in [-0.25, -0.2) is 4.79 Å². The monoisotopic (exact) mass is 392 g/mol. The van der Waals surface area contributed by atoms with Crippen LogP contribution < -0.4 is 5.32 Å². The van der Waals surface area contributed by atoms with Crippen molar-refractivity contribution in [2.45, 2.75) is 13.1 Å². The minimum Gasteiger partial charge on any atom is -0.383 e. The van der Waals surface area contributed by atoms with Gasteiger partial charge in [-0.3, -0.25) is 4.90 Å². The summed E-state index contributed by atoms with van der Waals surface area (Å²) in [5.74, 6) is 0. The van der Waals surface area contributed by atoms with Gasteiger partial charge >= 0.3 is 6.03 Å². The van der Waals surface area contributed by atoms with E-state index in [1.54, 1.807) is 7.11 Å². The highest BCUT2D eigenvalue weighted by atomic mass is 16.5. The first-order chi connectivity index (χ1) is 14.2. The molecule has 2 amide bonds. The largest absolute Gasteiger partial charge is 0.383 e. The third-order valence-corrected chi connectivity index (χ3v) is 5.48. The lowest BCUT2D eigenvalue weighted by atomic mass is 10.2. The fourth-order valence-corrected chi connectivity index (χ4v) is 3.87. The van der Waals surface area contributed by atoms with Gasteiger partial charge in [-0.15, -0.1) is 0 Å². The van der Waals surface area contributed by atoms with E-state index in [-0.39, 0.29) is 6.03 Å². The van der Waals surface area contributed by atoms with Gasteiger partial charge in [0.15, 0.2) is 0 Å². The number of aromatic nitrogens is 1. The SMILES string of the molecule is COCCn1cc(NC(=O)N2CCN(Cc3ccccc3)CC2)c2ccccc21. The van der Waals surface area contributed by atoms with Crippen molar-refractivity contribution < 1.29 is 9.53 Å². The third-order valence-electron chi connectivity index (χ3n) is 5.48. The summed E-state index contributed by atoms with van der Waals surface area (Å²) in [6.07, 6.45) is 2.01. The number of anilines is 1. The minimum absolute atomic E-state index is 0.0287. The number of fused-ring (bicyclic) bond motifs is 1. The Morgan fingerprint density at radius 1 is 1.00 bits per heavy atom. The van der Waals surface area contributed by atoms with Gasteiger partial charge < -0.3 is 19.5 Å². The van der Waals surface area contributed by atoms with E-state index in [1.165, 1.54) is 5.56 Å². The van der Waals surface area contributed by atoms with E-state index in [0.717, 1.165) is 55.9 Å². The zero-order valence-corrected chi connectivity index (χ0v) is 16.9. The van der Waals surface area contributed by atoms with Crippen LogP contribution in [0.5, 0.6) is 0 Å². The summed E-state index contributed by atoms with van der Waals surface area (Å²) in [6.45, 7) is 5.57. The lowest BCUT2D eigenvalue weighted by Gasteiger charge is -2.34. The van der Waals surface area contributed by atoms with Crippen molar-refractivity contribution in [3.8, 4) is 0 Å². The fraction of sp³-hybridized carbons (Fsp3) is 0.348. The Morgan fingerprint density at radius 3 is 2.48 bits per heavy atom. The Labute approximate surface area is 171 Å². The van der Waals surface area contributed by atoms with E-state index >= 15 is 0 Å². The molecule has 1 aromatic heterocycles. The molecule has 29 heavy (non-hydrogen) atoms. The fourth-order valence-electron chi connectivity index (χ4n) is 3.87. The average Bonchev–Trinajstić information content (AvgIpc) is 3.11. The van der Waals surface area contributed by atoms with E-state index in [9.17, 15) is 4.79 Å². The number of urea groups is 1. The highest BCUT2D eigenvalue weighted by Gasteiger charge is 2.22. The van der Waals surface area contributed by atoms with E-state index in [2.05, 4.69) is 45.1 Å². The molecule has 0 bridgehead atoms. The number of rotatable bonds is 6. The molecule has 0 radical (unpaired) electrons. The molecule has 2 aromatic carbocycles. The Hall–Kier alpha value is -2.83. The molecule has 6 nitrogen and oxygen atoms in total. The molecule has 1 N–H and O–H groups in total. The molecule has 0 unspecified atom stereocenters. The number of methoxy groups -OCH3 is 1. The second-order valence-electron chi connectivity index (χ2n) is 7.43. The number of para-hydroxylation sites is 1. The summed E-state index contributed by atoms with van der Waals surface area (Å²) in [6, 6.07) is 18.6. The number of carbonyl (C=O) groups excluding carboxylic acids is 1. The van der Waals surface area contributed by atoms with Gasteiger partial charge in [0, 0.05) is 58.0 Å². The maximum absolute atomic E-state index is 12.9. The van der Waals surface area contributed by atoms with Gasteiger partial charge in [-0.2, -0.15) is 0 Å². The zero-order chi connectivity index (χ0) is 20.1. The topological polar surface area (TPSA) is 49.7 Å². The lowest BCUT2D eigenvalue weighted by Crippen LogP contribution is -2.49. The molecule has 1 aliphatic rings.